The van der Waals surface area contributed by atoms with Crippen LogP contribution in [0.3, 0.4) is 0 Å². The second-order valence-electron chi connectivity index (χ2n) is 7.26. The van der Waals surface area contributed by atoms with Gasteiger partial charge in [-0.25, -0.2) is 4.98 Å². The average Bonchev–Trinajstić information content (AvgIpc) is 2.82. The third-order valence-electron chi connectivity index (χ3n) is 4.71. The molecule has 1 aromatic carbocycles. The van der Waals surface area contributed by atoms with Crippen LogP contribution in [0, 0.1) is 5.92 Å². The summed E-state index contributed by atoms with van der Waals surface area (Å²) in [7, 11) is 0. The number of hydrogen-bond acceptors (Lipinski definition) is 4. The highest BCUT2D eigenvalue weighted by molar-refractivity contribution is 7.99. The van der Waals surface area contributed by atoms with Gasteiger partial charge in [0.1, 0.15) is 5.56 Å². The van der Waals surface area contributed by atoms with Crippen molar-refractivity contribution in [1.29, 1.82) is 0 Å². The van der Waals surface area contributed by atoms with Crippen LogP contribution in [0.15, 0.2) is 40.3 Å². The fourth-order valence-electron chi connectivity index (χ4n) is 3.45. The Balaban J connectivity index is 1.91. The van der Waals surface area contributed by atoms with E-state index in [9.17, 15) is 4.79 Å². The van der Waals surface area contributed by atoms with Gasteiger partial charge in [0.2, 0.25) is 0 Å². The van der Waals surface area contributed by atoms with Crippen LogP contribution >= 0.6 is 11.8 Å². The van der Waals surface area contributed by atoms with Gasteiger partial charge in [-0.3, -0.25) is 4.79 Å². The van der Waals surface area contributed by atoms with Gasteiger partial charge in [-0.15, -0.1) is 5.10 Å². The molecule has 0 bridgehead atoms. The number of nitrogens with zero attached hydrogens (tertiary/aromatic N) is 4. The topological polar surface area (TPSA) is 52.7 Å². The van der Waals surface area contributed by atoms with Crippen molar-refractivity contribution in [2.45, 2.75) is 51.2 Å². The first-order chi connectivity index (χ1) is 12.6. The van der Waals surface area contributed by atoms with Gasteiger partial charge in [0, 0.05) is 18.0 Å². The fourth-order valence-corrected chi connectivity index (χ4v) is 4.44. The number of benzene rings is 1. The number of rotatable bonds is 4. The van der Waals surface area contributed by atoms with Gasteiger partial charge in [0.15, 0.2) is 11.0 Å². The summed E-state index contributed by atoms with van der Waals surface area (Å²) in [6.07, 6.45) is 4.37. The van der Waals surface area contributed by atoms with E-state index >= 15 is 0 Å². The molecule has 1 aromatic rings. The van der Waals surface area contributed by atoms with E-state index < -0.39 is 0 Å². The lowest BCUT2D eigenvalue weighted by atomic mass is 10.1. The Morgan fingerprint density at radius 1 is 1.15 bits per heavy atom. The Hall–Kier alpha value is -2.08. The SMILES string of the molecule is CC(C)CSc1nc2nn(-c3ccccc3)c(=O)c-2c2n1CCCCC2. The zero-order valence-electron chi connectivity index (χ0n) is 15.3. The maximum absolute atomic E-state index is 13.1. The lowest BCUT2D eigenvalue weighted by Gasteiger charge is -2.18. The van der Waals surface area contributed by atoms with Crippen molar-refractivity contribution in [2.75, 3.05) is 5.75 Å². The summed E-state index contributed by atoms with van der Waals surface area (Å²) in [5.74, 6) is 2.19. The maximum Gasteiger partial charge on any atom is 0.284 e. The molecule has 0 radical (unpaired) electrons. The quantitative estimate of drug-likeness (QED) is 0.516. The summed E-state index contributed by atoms with van der Waals surface area (Å²) in [6.45, 7) is 5.37. The third-order valence-corrected chi connectivity index (χ3v) is 6.12. The number of aromatic nitrogens is 4. The van der Waals surface area contributed by atoms with E-state index in [0.717, 1.165) is 48.1 Å². The molecule has 0 saturated carbocycles. The van der Waals surface area contributed by atoms with E-state index in [2.05, 4.69) is 23.5 Å². The first-order valence-electron chi connectivity index (χ1n) is 9.36. The minimum atomic E-state index is -0.0511. The highest BCUT2D eigenvalue weighted by Crippen LogP contribution is 2.30. The molecule has 26 heavy (non-hydrogen) atoms. The van der Waals surface area contributed by atoms with Gasteiger partial charge in [0.25, 0.3) is 5.56 Å². The predicted molar refractivity (Wildman–Crippen MR) is 105 cm³/mol. The zero-order chi connectivity index (χ0) is 18.1. The third kappa shape index (κ3) is 3.18. The molecule has 0 unspecified atom stereocenters. The summed E-state index contributed by atoms with van der Waals surface area (Å²) in [4.78, 5) is 17.9. The second-order valence-corrected chi connectivity index (χ2v) is 8.25. The van der Waals surface area contributed by atoms with Crippen molar-refractivity contribution in [1.82, 2.24) is 19.3 Å². The molecular weight excluding hydrogens is 344 g/mol. The maximum atomic E-state index is 13.1. The van der Waals surface area contributed by atoms with Crippen molar-refractivity contribution in [2.24, 2.45) is 5.92 Å². The van der Waals surface area contributed by atoms with Crippen LogP contribution in [0.1, 0.15) is 38.8 Å². The molecule has 6 heteroatoms. The fraction of sp³-hybridized carbons (Fsp3) is 0.450. The van der Waals surface area contributed by atoms with Gasteiger partial charge in [-0.2, -0.15) is 4.68 Å². The van der Waals surface area contributed by atoms with E-state index in [1.54, 1.807) is 11.8 Å². The van der Waals surface area contributed by atoms with E-state index in [4.69, 9.17) is 4.98 Å². The van der Waals surface area contributed by atoms with E-state index in [1.165, 1.54) is 11.1 Å². The lowest BCUT2D eigenvalue weighted by Crippen LogP contribution is -2.19. The van der Waals surface area contributed by atoms with Gasteiger partial charge in [0.05, 0.1) is 5.69 Å². The Labute approximate surface area is 157 Å². The molecule has 0 spiro atoms. The highest BCUT2D eigenvalue weighted by atomic mass is 32.2. The minimum absolute atomic E-state index is 0.0511. The Morgan fingerprint density at radius 3 is 2.73 bits per heavy atom. The largest absolute Gasteiger partial charge is 0.324 e. The zero-order valence-corrected chi connectivity index (χ0v) is 16.1. The van der Waals surface area contributed by atoms with Crippen LogP contribution in [0.4, 0.5) is 0 Å². The van der Waals surface area contributed by atoms with Crippen LogP contribution in [0.5, 0.6) is 0 Å². The molecule has 0 fully saturated rings. The molecule has 0 atom stereocenters. The van der Waals surface area contributed by atoms with Crippen molar-refractivity contribution in [3.63, 3.8) is 0 Å². The lowest BCUT2D eigenvalue weighted by molar-refractivity contribution is 0.570. The molecule has 0 amide bonds. The van der Waals surface area contributed by atoms with Gasteiger partial charge in [-0.1, -0.05) is 50.2 Å². The van der Waals surface area contributed by atoms with E-state index in [0.29, 0.717) is 17.3 Å². The first-order valence-corrected chi connectivity index (χ1v) is 10.3. The number of thioether (sulfide) groups is 1. The van der Waals surface area contributed by atoms with Gasteiger partial charge in [-0.05, 0) is 37.3 Å². The summed E-state index contributed by atoms with van der Waals surface area (Å²) >= 11 is 1.78. The van der Waals surface area contributed by atoms with Crippen LogP contribution in [-0.4, -0.2) is 25.1 Å². The molecule has 4 rings (SSSR count). The Morgan fingerprint density at radius 2 is 1.96 bits per heavy atom. The summed E-state index contributed by atoms with van der Waals surface area (Å²) in [5, 5.41) is 5.58. The number of hydrogen-bond donors (Lipinski definition) is 0. The molecule has 0 aromatic heterocycles. The van der Waals surface area contributed by atoms with Gasteiger partial charge >= 0.3 is 0 Å². The molecule has 3 aliphatic heterocycles. The average molecular weight is 369 g/mol. The first kappa shape index (κ1) is 17.3. The normalized spacial score (nSPS) is 14.6. The molecule has 0 saturated heterocycles. The summed E-state index contributed by atoms with van der Waals surface area (Å²) in [5.41, 5.74) is 2.56. The smallest absolute Gasteiger partial charge is 0.284 e. The van der Waals surface area contributed by atoms with Crippen LogP contribution < -0.4 is 5.56 Å². The van der Waals surface area contributed by atoms with Crippen LogP contribution in [-0.2, 0) is 13.0 Å². The predicted octanol–water partition coefficient (Wildman–Crippen LogP) is 4.01. The molecule has 3 heterocycles. The van der Waals surface area contributed by atoms with Crippen molar-refractivity contribution < 1.29 is 0 Å². The minimum Gasteiger partial charge on any atom is -0.324 e. The molecule has 0 aliphatic carbocycles. The summed E-state index contributed by atoms with van der Waals surface area (Å²) in [6, 6.07) is 9.61. The van der Waals surface area contributed by atoms with Crippen LogP contribution in [0.25, 0.3) is 17.1 Å². The van der Waals surface area contributed by atoms with Crippen molar-refractivity contribution in [3.05, 3.63) is 46.4 Å². The van der Waals surface area contributed by atoms with Crippen molar-refractivity contribution in [3.8, 4) is 17.1 Å². The Kier molecular flexibility index (Phi) is 4.85. The molecular formula is C20H24N4OS. The highest BCUT2D eigenvalue weighted by Gasteiger charge is 2.27. The van der Waals surface area contributed by atoms with Gasteiger partial charge < -0.3 is 4.57 Å². The molecule has 5 nitrogen and oxygen atoms in total. The van der Waals surface area contributed by atoms with E-state index in [-0.39, 0.29) is 5.56 Å². The second kappa shape index (κ2) is 7.27. The standard InChI is InChI=1S/C20H24N4OS/c1-14(2)13-26-20-21-18-17(16-11-7-4-8-12-23(16)20)19(25)24(22-18)15-9-5-3-6-10-15/h3,5-6,9-10,14H,4,7-8,11-13H2,1-2H3. The summed E-state index contributed by atoms with van der Waals surface area (Å²) < 4.78 is 3.78. The van der Waals surface area contributed by atoms with Crippen LogP contribution in [0.2, 0.25) is 0 Å². The van der Waals surface area contributed by atoms with E-state index in [1.807, 2.05) is 30.3 Å². The molecule has 3 aliphatic rings. The van der Waals surface area contributed by atoms with Crippen molar-refractivity contribution >= 4 is 11.8 Å². The number of para-hydroxylation sites is 1. The Bertz CT molecular complexity index is 929. The molecule has 0 N–H and O–H groups in total. The monoisotopic (exact) mass is 368 g/mol. The number of fused-ring (bicyclic) bond motifs is 3. The molecule has 136 valence electrons.